The second-order valence-electron chi connectivity index (χ2n) is 4.78. The maximum Gasteiger partial charge on any atom is 0.254 e. The summed E-state index contributed by atoms with van der Waals surface area (Å²) in [6.45, 7) is 6.67. The number of nitrogens with one attached hydrogen (secondary N) is 1. The van der Waals surface area contributed by atoms with Gasteiger partial charge in [-0.2, -0.15) is 5.10 Å². The zero-order chi connectivity index (χ0) is 12.3. The van der Waals surface area contributed by atoms with Crippen LogP contribution in [-0.2, 0) is 7.05 Å². The fourth-order valence-corrected chi connectivity index (χ4v) is 1.48. The monoisotopic (exact) mass is 287 g/mol. The molecule has 0 bridgehead atoms. The highest BCUT2D eigenvalue weighted by atomic mass is 79.9. The van der Waals surface area contributed by atoms with Crippen molar-refractivity contribution in [2.75, 3.05) is 11.9 Å². The van der Waals surface area contributed by atoms with Crippen LogP contribution in [0.3, 0.4) is 0 Å². The first-order valence-electron chi connectivity index (χ1n) is 5.20. The van der Waals surface area contributed by atoms with Crippen LogP contribution in [-0.4, -0.2) is 27.6 Å². The van der Waals surface area contributed by atoms with Crippen molar-refractivity contribution in [3.8, 4) is 0 Å². The summed E-state index contributed by atoms with van der Waals surface area (Å²) >= 11 is 3.43. The molecule has 0 fully saturated rings. The fourth-order valence-electron chi connectivity index (χ4n) is 1.28. The molecule has 1 aromatic rings. The van der Waals surface area contributed by atoms with E-state index in [1.807, 2.05) is 14.0 Å². The first kappa shape index (κ1) is 13.2. The number of halogens is 1. The SMILES string of the molecule is Cc1nn(C)cc1C(=O)NCC(C)(C)CBr. The highest BCUT2D eigenvalue weighted by molar-refractivity contribution is 9.09. The maximum atomic E-state index is 11.9. The van der Waals surface area contributed by atoms with Gasteiger partial charge in [-0.05, 0) is 12.3 Å². The first-order valence-corrected chi connectivity index (χ1v) is 6.32. The molecule has 1 rings (SSSR count). The van der Waals surface area contributed by atoms with Crippen LogP contribution in [0.2, 0.25) is 0 Å². The summed E-state index contributed by atoms with van der Waals surface area (Å²) in [5.74, 6) is -0.0559. The van der Waals surface area contributed by atoms with Crippen LogP contribution in [0.15, 0.2) is 6.20 Å². The van der Waals surface area contributed by atoms with Crippen molar-refractivity contribution in [3.63, 3.8) is 0 Å². The summed E-state index contributed by atoms with van der Waals surface area (Å²) < 4.78 is 1.65. The molecule has 1 aromatic heterocycles. The van der Waals surface area contributed by atoms with E-state index in [1.165, 1.54) is 0 Å². The second-order valence-corrected chi connectivity index (χ2v) is 5.34. The summed E-state index contributed by atoms with van der Waals surface area (Å²) in [4.78, 5) is 11.9. The average molecular weight is 288 g/mol. The van der Waals surface area contributed by atoms with Gasteiger partial charge in [-0.3, -0.25) is 9.48 Å². The van der Waals surface area contributed by atoms with Crippen LogP contribution in [0.5, 0.6) is 0 Å². The van der Waals surface area contributed by atoms with Crippen molar-refractivity contribution in [1.82, 2.24) is 15.1 Å². The third-order valence-electron chi connectivity index (χ3n) is 2.35. The van der Waals surface area contributed by atoms with Gasteiger partial charge in [0.25, 0.3) is 5.91 Å². The van der Waals surface area contributed by atoms with E-state index < -0.39 is 0 Å². The zero-order valence-corrected chi connectivity index (χ0v) is 11.8. The Morgan fingerprint density at radius 1 is 1.62 bits per heavy atom. The molecule has 5 heteroatoms. The first-order chi connectivity index (χ1) is 7.35. The van der Waals surface area contributed by atoms with Crippen molar-refractivity contribution >= 4 is 21.8 Å². The molecule has 0 saturated carbocycles. The third-order valence-corrected chi connectivity index (χ3v) is 3.87. The Morgan fingerprint density at radius 3 is 2.69 bits per heavy atom. The largest absolute Gasteiger partial charge is 0.351 e. The third kappa shape index (κ3) is 3.33. The Balaban J connectivity index is 2.63. The second kappa shape index (κ2) is 4.99. The van der Waals surface area contributed by atoms with Crippen molar-refractivity contribution < 1.29 is 4.79 Å². The van der Waals surface area contributed by atoms with E-state index in [9.17, 15) is 4.79 Å². The van der Waals surface area contributed by atoms with Crippen LogP contribution in [0.25, 0.3) is 0 Å². The molecule has 1 heterocycles. The minimum absolute atomic E-state index is 0.0559. The van der Waals surface area contributed by atoms with Crippen molar-refractivity contribution in [3.05, 3.63) is 17.5 Å². The van der Waals surface area contributed by atoms with Crippen molar-refractivity contribution in [2.24, 2.45) is 12.5 Å². The molecule has 4 nitrogen and oxygen atoms in total. The minimum atomic E-state index is -0.0559. The molecular formula is C11H18BrN3O. The molecule has 0 aromatic carbocycles. The Kier molecular flexibility index (Phi) is 4.13. The normalized spacial score (nSPS) is 11.6. The van der Waals surface area contributed by atoms with E-state index in [1.54, 1.807) is 10.9 Å². The predicted molar refractivity (Wildman–Crippen MR) is 67.9 cm³/mol. The summed E-state index contributed by atoms with van der Waals surface area (Å²) in [7, 11) is 1.81. The van der Waals surface area contributed by atoms with Crippen molar-refractivity contribution in [1.29, 1.82) is 0 Å². The maximum absolute atomic E-state index is 11.9. The Bertz CT molecular complexity index is 385. The van der Waals surface area contributed by atoms with Gasteiger partial charge >= 0.3 is 0 Å². The minimum Gasteiger partial charge on any atom is -0.351 e. The Labute approximate surface area is 105 Å². The van der Waals surface area contributed by atoms with Gasteiger partial charge in [0.2, 0.25) is 0 Å². The number of nitrogens with zero attached hydrogens (tertiary/aromatic N) is 2. The molecule has 0 atom stereocenters. The van der Waals surface area contributed by atoms with Gasteiger partial charge in [0.1, 0.15) is 0 Å². The molecule has 90 valence electrons. The summed E-state index contributed by atoms with van der Waals surface area (Å²) in [6, 6.07) is 0. The number of hydrogen-bond acceptors (Lipinski definition) is 2. The lowest BCUT2D eigenvalue weighted by Gasteiger charge is -2.21. The summed E-state index contributed by atoms with van der Waals surface area (Å²) in [5.41, 5.74) is 1.47. The zero-order valence-electron chi connectivity index (χ0n) is 10.2. The van der Waals surface area contributed by atoms with Crippen LogP contribution in [0.1, 0.15) is 29.9 Å². The standard InChI is InChI=1S/C11H18BrN3O/c1-8-9(5-15(4)14-8)10(16)13-7-11(2,3)6-12/h5H,6-7H2,1-4H3,(H,13,16). The lowest BCUT2D eigenvalue weighted by molar-refractivity contribution is 0.0939. The number of carbonyl (C=O) groups excluding carboxylic acids is 1. The number of rotatable bonds is 4. The molecule has 0 aliphatic carbocycles. The number of carbonyl (C=O) groups is 1. The Morgan fingerprint density at radius 2 is 2.25 bits per heavy atom. The Hall–Kier alpha value is -0.840. The van der Waals surface area contributed by atoms with E-state index in [4.69, 9.17) is 0 Å². The van der Waals surface area contributed by atoms with Gasteiger partial charge in [0.05, 0.1) is 11.3 Å². The van der Waals surface area contributed by atoms with Crippen LogP contribution < -0.4 is 5.32 Å². The van der Waals surface area contributed by atoms with E-state index in [0.29, 0.717) is 12.1 Å². The van der Waals surface area contributed by atoms with Crippen molar-refractivity contribution in [2.45, 2.75) is 20.8 Å². The predicted octanol–water partition coefficient (Wildman–Crippen LogP) is 1.88. The molecule has 1 amide bonds. The van der Waals surface area contributed by atoms with E-state index >= 15 is 0 Å². The highest BCUT2D eigenvalue weighted by Gasteiger charge is 2.19. The molecule has 16 heavy (non-hydrogen) atoms. The van der Waals surface area contributed by atoms with Gasteiger partial charge in [-0.1, -0.05) is 29.8 Å². The molecular weight excluding hydrogens is 270 g/mol. The number of alkyl halides is 1. The van der Waals surface area contributed by atoms with E-state index in [0.717, 1.165) is 11.0 Å². The van der Waals surface area contributed by atoms with Crippen LogP contribution >= 0.6 is 15.9 Å². The molecule has 0 aliphatic heterocycles. The molecule has 1 N–H and O–H groups in total. The lowest BCUT2D eigenvalue weighted by Crippen LogP contribution is -2.35. The van der Waals surface area contributed by atoms with Crippen LogP contribution in [0, 0.1) is 12.3 Å². The summed E-state index contributed by atoms with van der Waals surface area (Å²) in [5, 5.41) is 7.92. The topological polar surface area (TPSA) is 46.9 Å². The van der Waals surface area contributed by atoms with Gasteiger partial charge in [0, 0.05) is 25.1 Å². The van der Waals surface area contributed by atoms with Gasteiger partial charge in [-0.25, -0.2) is 0 Å². The van der Waals surface area contributed by atoms with Gasteiger partial charge < -0.3 is 5.32 Å². The molecule has 0 unspecified atom stereocenters. The van der Waals surface area contributed by atoms with E-state index in [-0.39, 0.29) is 11.3 Å². The molecule has 0 saturated heterocycles. The number of hydrogen-bond donors (Lipinski definition) is 1. The summed E-state index contributed by atoms with van der Waals surface area (Å²) in [6.07, 6.45) is 1.74. The average Bonchev–Trinajstić information content (AvgIpc) is 2.54. The smallest absolute Gasteiger partial charge is 0.254 e. The van der Waals surface area contributed by atoms with E-state index in [2.05, 4.69) is 40.2 Å². The number of aryl methyl sites for hydroxylation is 2. The quantitative estimate of drug-likeness (QED) is 0.860. The molecule has 0 radical (unpaired) electrons. The number of amides is 1. The molecule has 0 spiro atoms. The van der Waals surface area contributed by atoms with Gasteiger partial charge in [0.15, 0.2) is 0 Å². The number of aromatic nitrogens is 2. The fraction of sp³-hybridized carbons (Fsp3) is 0.636. The lowest BCUT2D eigenvalue weighted by atomic mass is 9.97. The molecule has 0 aliphatic rings. The highest BCUT2D eigenvalue weighted by Crippen LogP contribution is 2.16. The van der Waals surface area contributed by atoms with Crippen LogP contribution in [0.4, 0.5) is 0 Å². The van der Waals surface area contributed by atoms with Gasteiger partial charge in [-0.15, -0.1) is 0 Å².